The first-order chi connectivity index (χ1) is 16.8. The zero-order valence-electron chi connectivity index (χ0n) is 21.2. The lowest BCUT2D eigenvalue weighted by molar-refractivity contribution is -0.124. The molecule has 1 aromatic rings. The van der Waals surface area contributed by atoms with Crippen molar-refractivity contribution in [2.75, 3.05) is 30.4 Å². The van der Waals surface area contributed by atoms with Gasteiger partial charge in [-0.15, -0.1) is 0 Å². The van der Waals surface area contributed by atoms with Crippen LogP contribution < -0.4 is 16.0 Å². The summed E-state index contributed by atoms with van der Waals surface area (Å²) < 4.78 is 5.46. The average Bonchev–Trinajstić information content (AvgIpc) is 3.38. The number of aromatic nitrogens is 1. The first-order valence-corrected chi connectivity index (χ1v) is 13.1. The molecule has 1 aromatic heterocycles. The van der Waals surface area contributed by atoms with Crippen molar-refractivity contribution in [2.24, 2.45) is 5.92 Å². The van der Waals surface area contributed by atoms with Crippen LogP contribution in [0.3, 0.4) is 0 Å². The maximum Gasteiger partial charge on any atom is 0.318 e. The maximum atomic E-state index is 13.3. The smallest absolute Gasteiger partial charge is 0.318 e. The fraction of sp³-hybridized carbons (Fsp3) is 0.692. The number of carbonyl (C=O) groups is 3. The number of fused-ring (bicyclic) bond motifs is 2. The Balaban J connectivity index is 1.46. The number of nitrogens with zero attached hydrogens (tertiary/aromatic N) is 2. The van der Waals surface area contributed by atoms with Crippen molar-refractivity contribution in [1.29, 1.82) is 0 Å². The number of urea groups is 1. The normalized spacial score (nSPS) is 22.4. The first-order valence-electron chi connectivity index (χ1n) is 13.1. The van der Waals surface area contributed by atoms with Crippen molar-refractivity contribution in [3.63, 3.8) is 0 Å². The van der Waals surface area contributed by atoms with Gasteiger partial charge in [-0.2, -0.15) is 0 Å². The molecule has 2 saturated heterocycles. The van der Waals surface area contributed by atoms with Crippen molar-refractivity contribution in [2.45, 2.75) is 89.6 Å². The minimum atomic E-state index is -0.652. The monoisotopic (exact) mass is 485 g/mol. The van der Waals surface area contributed by atoms with Crippen molar-refractivity contribution >= 4 is 29.4 Å². The molecule has 0 radical (unpaired) electrons. The molecule has 1 spiro atoms. The number of amides is 4. The van der Waals surface area contributed by atoms with Gasteiger partial charge in [-0.1, -0.05) is 26.7 Å². The van der Waals surface area contributed by atoms with Gasteiger partial charge in [0.15, 0.2) is 0 Å². The molecule has 2 fully saturated rings. The summed E-state index contributed by atoms with van der Waals surface area (Å²) in [6.45, 7) is 8.17. The minimum Gasteiger partial charge on any atom is -0.381 e. The van der Waals surface area contributed by atoms with Crippen LogP contribution in [0.2, 0.25) is 0 Å². The molecule has 4 amide bonds. The summed E-state index contributed by atoms with van der Waals surface area (Å²) in [4.78, 5) is 45.3. The van der Waals surface area contributed by atoms with E-state index in [0.717, 1.165) is 37.7 Å². The number of carbonyl (C=O) groups excluding carboxylic acids is 3. The molecule has 3 aliphatic rings. The molecule has 4 heterocycles. The molecule has 4 rings (SSSR count). The summed E-state index contributed by atoms with van der Waals surface area (Å²) in [7, 11) is 0. The molecular weight excluding hydrogens is 446 g/mol. The molecule has 192 valence electrons. The van der Waals surface area contributed by atoms with Crippen molar-refractivity contribution in [3.8, 4) is 0 Å². The van der Waals surface area contributed by atoms with Crippen LogP contribution in [0.25, 0.3) is 0 Å². The van der Waals surface area contributed by atoms with Crippen molar-refractivity contribution in [1.82, 2.24) is 15.2 Å². The summed E-state index contributed by atoms with van der Waals surface area (Å²) in [5, 5.41) is 8.82. The number of hydrogen-bond acceptors (Lipinski definition) is 5. The second-order valence-electron chi connectivity index (χ2n) is 10.4. The third-order valence-electron chi connectivity index (χ3n) is 7.86. The van der Waals surface area contributed by atoms with Gasteiger partial charge in [0.2, 0.25) is 11.8 Å². The summed E-state index contributed by atoms with van der Waals surface area (Å²) in [5.74, 6) is 0.526. The lowest BCUT2D eigenvalue weighted by atomic mass is 9.76. The molecule has 0 aromatic carbocycles. The molecule has 3 aliphatic heterocycles. The lowest BCUT2D eigenvalue weighted by Gasteiger charge is -2.31. The Hall–Kier alpha value is -2.68. The Morgan fingerprint density at radius 2 is 2.06 bits per heavy atom. The second-order valence-corrected chi connectivity index (χ2v) is 10.4. The highest BCUT2D eigenvalue weighted by Crippen LogP contribution is 2.44. The Labute approximate surface area is 207 Å². The molecule has 0 aliphatic carbocycles. The zero-order chi connectivity index (χ0) is 25.0. The number of rotatable bonds is 8. The average molecular weight is 486 g/mol. The maximum absolute atomic E-state index is 13.3. The fourth-order valence-electron chi connectivity index (χ4n) is 5.63. The van der Waals surface area contributed by atoms with Crippen LogP contribution in [0.1, 0.15) is 77.7 Å². The zero-order valence-corrected chi connectivity index (χ0v) is 21.2. The summed E-state index contributed by atoms with van der Waals surface area (Å²) in [5.41, 5.74) is 0.955. The molecule has 0 unspecified atom stereocenters. The van der Waals surface area contributed by atoms with Crippen molar-refractivity contribution in [3.05, 3.63) is 17.8 Å². The van der Waals surface area contributed by atoms with E-state index < -0.39 is 11.5 Å². The topological polar surface area (TPSA) is 113 Å². The Kier molecular flexibility index (Phi) is 7.94. The number of anilines is 2. The Morgan fingerprint density at radius 3 is 2.74 bits per heavy atom. The van der Waals surface area contributed by atoms with Gasteiger partial charge < -0.3 is 25.6 Å². The van der Waals surface area contributed by atoms with E-state index in [1.54, 1.807) is 12.3 Å². The van der Waals surface area contributed by atoms with Crippen LogP contribution in [-0.4, -0.2) is 59.6 Å². The van der Waals surface area contributed by atoms with Gasteiger partial charge in [-0.3, -0.25) is 9.59 Å². The highest BCUT2D eigenvalue weighted by Gasteiger charge is 2.48. The van der Waals surface area contributed by atoms with Gasteiger partial charge in [0.25, 0.3) is 0 Å². The molecule has 9 heteroatoms. The quantitative estimate of drug-likeness (QED) is 0.518. The van der Waals surface area contributed by atoms with Crippen LogP contribution in [0.15, 0.2) is 12.3 Å². The Morgan fingerprint density at radius 1 is 1.29 bits per heavy atom. The molecule has 3 N–H and O–H groups in total. The van der Waals surface area contributed by atoms with Gasteiger partial charge in [0.1, 0.15) is 11.9 Å². The van der Waals surface area contributed by atoms with Crippen LogP contribution in [0.5, 0.6) is 0 Å². The van der Waals surface area contributed by atoms with Crippen LogP contribution in [0, 0.1) is 5.92 Å². The second kappa shape index (κ2) is 10.9. The van der Waals surface area contributed by atoms with E-state index in [0.29, 0.717) is 56.4 Å². The number of likely N-dealkylation sites (tertiary alicyclic amines) is 1. The molecule has 9 nitrogen and oxygen atoms in total. The van der Waals surface area contributed by atoms with Crippen LogP contribution in [-0.2, 0) is 19.7 Å². The van der Waals surface area contributed by atoms with E-state index in [1.165, 1.54) is 0 Å². The van der Waals surface area contributed by atoms with E-state index in [9.17, 15) is 14.4 Å². The lowest BCUT2D eigenvalue weighted by Crippen LogP contribution is -2.50. The van der Waals surface area contributed by atoms with Gasteiger partial charge >= 0.3 is 6.03 Å². The predicted octanol–water partition coefficient (Wildman–Crippen LogP) is 3.80. The highest BCUT2D eigenvalue weighted by molar-refractivity contribution is 6.07. The first kappa shape index (κ1) is 25.4. The number of nitrogens with one attached hydrogen (secondary N) is 3. The Bertz CT molecular complexity index is 946. The van der Waals surface area contributed by atoms with Gasteiger partial charge in [0, 0.05) is 43.6 Å². The molecule has 35 heavy (non-hydrogen) atoms. The van der Waals surface area contributed by atoms with E-state index in [1.807, 2.05) is 11.8 Å². The summed E-state index contributed by atoms with van der Waals surface area (Å²) >= 11 is 0. The van der Waals surface area contributed by atoms with Crippen molar-refractivity contribution < 1.29 is 19.1 Å². The van der Waals surface area contributed by atoms with Gasteiger partial charge in [-0.25, -0.2) is 9.78 Å². The molecule has 3 atom stereocenters. The standard InChI is InChI=1S/C26H39N5O4/c1-4-6-17(2)8-9-20(29-25(34)31-12-5-7-18(31)3)23(32)30-22-15-21-19(16-27-22)26(24(33)28-21)10-13-35-14-11-26/h15-18,20H,4-14H2,1-3H3,(H,28,33)(H,29,34)(H,27,30,32)/t17-,18-,20+/m1/s1. The third-order valence-corrected chi connectivity index (χ3v) is 7.86. The van der Waals surface area contributed by atoms with Crippen LogP contribution in [0.4, 0.5) is 16.3 Å². The number of pyridine rings is 1. The fourth-order valence-corrected chi connectivity index (χ4v) is 5.63. The number of hydrogen-bond donors (Lipinski definition) is 3. The van der Waals surface area contributed by atoms with Crippen LogP contribution >= 0.6 is 0 Å². The predicted molar refractivity (Wildman–Crippen MR) is 134 cm³/mol. The molecule has 0 saturated carbocycles. The molecule has 0 bridgehead atoms. The van der Waals surface area contributed by atoms with Gasteiger partial charge in [0.05, 0.1) is 11.1 Å². The van der Waals surface area contributed by atoms with E-state index in [2.05, 4.69) is 34.8 Å². The highest BCUT2D eigenvalue weighted by atomic mass is 16.5. The summed E-state index contributed by atoms with van der Waals surface area (Å²) in [6.07, 6.45) is 8.49. The number of ether oxygens (including phenoxy) is 1. The largest absolute Gasteiger partial charge is 0.381 e. The molecular formula is C26H39N5O4. The van der Waals surface area contributed by atoms with E-state index >= 15 is 0 Å². The van der Waals surface area contributed by atoms with E-state index in [4.69, 9.17) is 4.74 Å². The summed E-state index contributed by atoms with van der Waals surface area (Å²) in [6, 6.07) is 1.06. The minimum absolute atomic E-state index is 0.0316. The third kappa shape index (κ3) is 5.44. The van der Waals surface area contributed by atoms with E-state index in [-0.39, 0.29) is 23.9 Å². The van der Waals surface area contributed by atoms with Gasteiger partial charge in [-0.05, 0) is 51.4 Å². The SMILES string of the molecule is CCC[C@@H](C)CC[C@H](NC(=O)N1CCC[C@H]1C)C(=O)Nc1cc2c(cn1)C1(CCOCC1)C(=O)N2.